The summed E-state index contributed by atoms with van der Waals surface area (Å²) in [7, 11) is 0. The standard InChI is InChI=1S/C29H25FN8O/c1-3-4-5-25(39)34-20-11-18(13-31-14-20)23-12-22-24(15-33-23)37-38-27(22)29-35-26-21(6-7-32-28(26)36-29)17-8-16(2)9-19(30)10-17/h6-15H,3-5H2,1-2H3,(H,34,39)(H,37,38)(H,32,35,36). The van der Waals surface area contributed by atoms with Gasteiger partial charge in [-0.2, -0.15) is 5.10 Å². The first-order valence-electron chi connectivity index (χ1n) is 12.7. The lowest BCUT2D eigenvalue weighted by atomic mass is 10.0. The van der Waals surface area contributed by atoms with Crippen LogP contribution in [0.15, 0.2) is 61.2 Å². The molecule has 0 saturated heterocycles. The number of amides is 1. The number of pyridine rings is 3. The van der Waals surface area contributed by atoms with Gasteiger partial charge in [0.05, 0.1) is 34.8 Å². The van der Waals surface area contributed by atoms with Crippen LogP contribution in [0.1, 0.15) is 31.7 Å². The molecule has 0 radical (unpaired) electrons. The van der Waals surface area contributed by atoms with Crippen LogP contribution in [0.2, 0.25) is 0 Å². The lowest BCUT2D eigenvalue weighted by molar-refractivity contribution is -0.116. The number of imidazole rings is 1. The molecule has 1 aromatic carbocycles. The van der Waals surface area contributed by atoms with Crippen LogP contribution in [-0.4, -0.2) is 41.0 Å². The average Bonchev–Trinajstić information content (AvgIpc) is 3.55. The number of unbranched alkanes of at least 4 members (excludes halogenated alkanes) is 1. The van der Waals surface area contributed by atoms with E-state index < -0.39 is 0 Å². The molecule has 6 rings (SSSR count). The fraction of sp³-hybridized carbons (Fsp3) is 0.172. The van der Waals surface area contributed by atoms with Gasteiger partial charge in [-0.15, -0.1) is 0 Å². The number of carbonyl (C=O) groups excluding carboxylic acids is 1. The lowest BCUT2D eigenvalue weighted by Crippen LogP contribution is -2.11. The summed E-state index contributed by atoms with van der Waals surface area (Å²) in [4.78, 5) is 33.5. The van der Waals surface area contributed by atoms with E-state index >= 15 is 0 Å². The van der Waals surface area contributed by atoms with Gasteiger partial charge in [-0.05, 0) is 54.8 Å². The zero-order valence-electron chi connectivity index (χ0n) is 21.4. The summed E-state index contributed by atoms with van der Waals surface area (Å²) in [5, 5.41) is 11.2. The number of aromatic amines is 2. The maximum absolute atomic E-state index is 14.1. The van der Waals surface area contributed by atoms with Gasteiger partial charge in [0, 0.05) is 35.3 Å². The predicted molar refractivity (Wildman–Crippen MR) is 148 cm³/mol. The van der Waals surface area contributed by atoms with E-state index in [9.17, 15) is 9.18 Å². The van der Waals surface area contributed by atoms with Crippen molar-refractivity contribution < 1.29 is 9.18 Å². The maximum Gasteiger partial charge on any atom is 0.224 e. The predicted octanol–water partition coefficient (Wildman–Crippen LogP) is 6.20. The first kappa shape index (κ1) is 24.4. The average molecular weight is 521 g/mol. The van der Waals surface area contributed by atoms with Crippen molar-refractivity contribution in [2.45, 2.75) is 33.1 Å². The Labute approximate surface area is 223 Å². The highest BCUT2D eigenvalue weighted by atomic mass is 19.1. The molecular weight excluding hydrogens is 495 g/mol. The van der Waals surface area contributed by atoms with Crippen LogP contribution < -0.4 is 5.32 Å². The number of aromatic nitrogens is 7. The van der Waals surface area contributed by atoms with Gasteiger partial charge in [0.1, 0.15) is 11.5 Å². The van der Waals surface area contributed by atoms with Crippen LogP contribution in [-0.2, 0) is 4.79 Å². The molecule has 0 saturated carbocycles. The summed E-state index contributed by atoms with van der Waals surface area (Å²) in [6.45, 7) is 3.91. The zero-order valence-corrected chi connectivity index (χ0v) is 21.4. The second-order valence-corrected chi connectivity index (χ2v) is 9.46. The van der Waals surface area contributed by atoms with E-state index in [4.69, 9.17) is 0 Å². The van der Waals surface area contributed by atoms with Crippen molar-refractivity contribution in [3.05, 3.63) is 72.6 Å². The minimum absolute atomic E-state index is 0.0393. The Bertz CT molecular complexity index is 1820. The quantitative estimate of drug-likeness (QED) is 0.230. The number of benzene rings is 1. The molecule has 0 atom stereocenters. The number of H-pyrrole nitrogens is 2. The van der Waals surface area contributed by atoms with E-state index in [0.29, 0.717) is 40.5 Å². The normalized spacial score (nSPS) is 11.4. The van der Waals surface area contributed by atoms with Gasteiger partial charge >= 0.3 is 0 Å². The summed E-state index contributed by atoms with van der Waals surface area (Å²) in [5.74, 6) is 0.186. The Balaban J connectivity index is 1.38. The van der Waals surface area contributed by atoms with E-state index in [1.54, 1.807) is 24.8 Å². The second-order valence-electron chi connectivity index (χ2n) is 9.46. The highest BCUT2D eigenvalue weighted by molar-refractivity contribution is 5.97. The Kier molecular flexibility index (Phi) is 6.28. The number of aryl methyl sites for hydroxylation is 1. The van der Waals surface area contributed by atoms with Crippen molar-refractivity contribution in [1.29, 1.82) is 0 Å². The first-order valence-corrected chi connectivity index (χ1v) is 12.7. The topological polar surface area (TPSA) is 125 Å². The summed E-state index contributed by atoms with van der Waals surface area (Å²) in [5.41, 5.74) is 6.95. The summed E-state index contributed by atoms with van der Waals surface area (Å²) in [6.07, 6.45) is 8.94. The molecule has 5 heterocycles. The van der Waals surface area contributed by atoms with E-state index in [1.165, 1.54) is 12.1 Å². The van der Waals surface area contributed by atoms with Gasteiger partial charge in [-0.3, -0.25) is 19.9 Å². The van der Waals surface area contributed by atoms with E-state index in [-0.39, 0.29) is 11.7 Å². The molecule has 0 fully saturated rings. The fourth-order valence-electron chi connectivity index (χ4n) is 4.62. The third kappa shape index (κ3) is 4.84. The number of hydrogen-bond donors (Lipinski definition) is 3. The third-order valence-electron chi connectivity index (χ3n) is 6.49. The summed E-state index contributed by atoms with van der Waals surface area (Å²) < 4.78 is 14.1. The van der Waals surface area contributed by atoms with Gasteiger partial charge in [0.15, 0.2) is 11.5 Å². The molecule has 0 aliphatic heterocycles. The molecule has 39 heavy (non-hydrogen) atoms. The number of nitrogens with zero attached hydrogens (tertiary/aromatic N) is 5. The first-order chi connectivity index (χ1) is 19.0. The molecule has 0 bridgehead atoms. The van der Waals surface area contributed by atoms with Gasteiger partial charge in [-0.25, -0.2) is 14.4 Å². The van der Waals surface area contributed by atoms with Crippen LogP contribution in [0.5, 0.6) is 0 Å². The minimum atomic E-state index is -0.299. The highest BCUT2D eigenvalue weighted by Crippen LogP contribution is 2.32. The van der Waals surface area contributed by atoms with Crippen molar-refractivity contribution in [3.63, 3.8) is 0 Å². The van der Waals surface area contributed by atoms with Crippen LogP contribution in [0, 0.1) is 12.7 Å². The molecule has 0 unspecified atom stereocenters. The molecule has 0 aliphatic carbocycles. The van der Waals surface area contributed by atoms with Crippen molar-refractivity contribution in [1.82, 2.24) is 35.1 Å². The molecule has 10 heteroatoms. The monoisotopic (exact) mass is 520 g/mol. The fourth-order valence-corrected chi connectivity index (χ4v) is 4.62. The van der Waals surface area contributed by atoms with Gasteiger partial charge in [-0.1, -0.05) is 19.4 Å². The number of hydrogen-bond acceptors (Lipinski definition) is 6. The maximum atomic E-state index is 14.1. The number of nitrogens with one attached hydrogen (secondary N) is 3. The number of anilines is 1. The van der Waals surface area contributed by atoms with E-state index in [1.807, 2.05) is 38.1 Å². The Hall–Kier alpha value is -4.99. The van der Waals surface area contributed by atoms with Gasteiger partial charge in [0.2, 0.25) is 5.91 Å². The van der Waals surface area contributed by atoms with E-state index in [2.05, 4.69) is 40.4 Å². The second kappa shape index (κ2) is 10.1. The lowest BCUT2D eigenvalue weighted by Gasteiger charge is -2.07. The third-order valence-corrected chi connectivity index (χ3v) is 6.49. The van der Waals surface area contributed by atoms with Gasteiger partial charge < -0.3 is 10.3 Å². The van der Waals surface area contributed by atoms with Crippen LogP contribution >= 0.6 is 0 Å². The highest BCUT2D eigenvalue weighted by Gasteiger charge is 2.17. The van der Waals surface area contributed by atoms with Crippen molar-refractivity contribution >= 4 is 33.7 Å². The van der Waals surface area contributed by atoms with Crippen molar-refractivity contribution in [2.75, 3.05) is 5.32 Å². The molecule has 1 amide bonds. The number of rotatable bonds is 7. The van der Waals surface area contributed by atoms with Crippen LogP contribution in [0.3, 0.4) is 0 Å². The molecule has 0 spiro atoms. The summed E-state index contributed by atoms with van der Waals surface area (Å²) in [6, 6.07) is 10.5. The number of fused-ring (bicyclic) bond motifs is 2. The number of halogens is 1. The molecule has 5 aromatic heterocycles. The minimum Gasteiger partial charge on any atom is -0.335 e. The molecule has 3 N–H and O–H groups in total. The Morgan fingerprint density at radius 3 is 2.79 bits per heavy atom. The number of carbonyl (C=O) groups is 1. The largest absolute Gasteiger partial charge is 0.335 e. The molecular formula is C29H25FN8O. The van der Waals surface area contributed by atoms with Gasteiger partial charge in [0.25, 0.3) is 0 Å². The summed E-state index contributed by atoms with van der Waals surface area (Å²) >= 11 is 0. The molecule has 9 nitrogen and oxygen atoms in total. The molecule has 0 aliphatic rings. The Morgan fingerprint density at radius 2 is 1.95 bits per heavy atom. The van der Waals surface area contributed by atoms with Crippen molar-refractivity contribution in [3.8, 4) is 33.9 Å². The smallest absolute Gasteiger partial charge is 0.224 e. The van der Waals surface area contributed by atoms with Crippen molar-refractivity contribution in [2.24, 2.45) is 0 Å². The Morgan fingerprint density at radius 1 is 1.05 bits per heavy atom. The van der Waals surface area contributed by atoms with E-state index in [0.717, 1.165) is 46.0 Å². The zero-order chi connectivity index (χ0) is 26.9. The molecule has 6 aromatic rings. The molecule has 194 valence electrons. The van der Waals surface area contributed by atoms with Crippen LogP contribution in [0.25, 0.3) is 56.0 Å². The van der Waals surface area contributed by atoms with Crippen LogP contribution in [0.4, 0.5) is 10.1 Å². The SMILES string of the molecule is CCCCC(=O)Nc1cncc(-c2cc3c(-c4nc5nccc(-c6cc(C)cc(F)c6)c5[nH]4)n[nH]c3cn2)c1.